The van der Waals surface area contributed by atoms with E-state index >= 15 is 0 Å². The van der Waals surface area contributed by atoms with Crippen LogP contribution in [-0.4, -0.2) is 18.2 Å². The summed E-state index contributed by atoms with van der Waals surface area (Å²) in [5.41, 5.74) is 7.85. The molecule has 0 fully saturated rings. The second-order valence-electron chi connectivity index (χ2n) is 6.46. The highest BCUT2D eigenvalue weighted by molar-refractivity contribution is 5.88. The Hall–Kier alpha value is -2.49. The molecule has 0 aliphatic carbocycles. The Bertz CT molecular complexity index is 648. The molecule has 0 atom stereocenters. The van der Waals surface area contributed by atoms with Crippen LogP contribution in [0.1, 0.15) is 26.3 Å². The maximum absolute atomic E-state index is 12.6. The second kappa shape index (κ2) is 7.18. The van der Waals surface area contributed by atoms with Gasteiger partial charge in [0.2, 0.25) is 0 Å². The fourth-order valence-electron chi connectivity index (χ4n) is 2.22. The van der Waals surface area contributed by atoms with Crippen molar-refractivity contribution in [3.63, 3.8) is 0 Å². The minimum absolute atomic E-state index is 0.362. The maximum Gasteiger partial charge on any atom is 0.414 e. The summed E-state index contributed by atoms with van der Waals surface area (Å²) in [6, 6.07) is 17.4. The van der Waals surface area contributed by atoms with Crippen molar-refractivity contribution in [1.82, 2.24) is 0 Å². The first-order chi connectivity index (χ1) is 10.8. The number of rotatable bonds is 4. The van der Waals surface area contributed by atoms with E-state index in [0.29, 0.717) is 12.2 Å². The summed E-state index contributed by atoms with van der Waals surface area (Å²) >= 11 is 0. The number of anilines is 2. The number of carbonyl (C=O) groups is 1. The minimum atomic E-state index is -0.539. The lowest BCUT2D eigenvalue weighted by Gasteiger charge is -2.27. The van der Waals surface area contributed by atoms with Crippen LogP contribution >= 0.6 is 0 Å². The monoisotopic (exact) mass is 312 g/mol. The topological polar surface area (TPSA) is 55.6 Å². The Morgan fingerprint density at radius 3 is 2.39 bits per heavy atom. The number of nitrogen functional groups attached to an aromatic ring is 1. The molecule has 0 spiro atoms. The van der Waals surface area contributed by atoms with Gasteiger partial charge in [0, 0.05) is 17.9 Å². The van der Waals surface area contributed by atoms with Crippen LogP contribution in [-0.2, 0) is 11.2 Å². The quantitative estimate of drug-likeness (QED) is 0.859. The van der Waals surface area contributed by atoms with Gasteiger partial charge in [0.05, 0.1) is 0 Å². The van der Waals surface area contributed by atoms with Gasteiger partial charge in [0.1, 0.15) is 5.60 Å². The van der Waals surface area contributed by atoms with Crippen LogP contribution in [0.2, 0.25) is 0 Å². The van der Waals surface area contributed by atoms with Gasteiger partial charge in [-0.25, -0.2) is 4.79 Å². The largest absolute Gasteiger partial charge is 0.443 e. The van der Waals surface area contributed by atoms with Crippen LogP contribution in [0.15, 0.2) is 54.6 Å². The Kier molecular flexibility index (Phi) is 5.27. The van der Waals surface area contributed by atoms with Gasteiger partial charge in [-0.1, -0.05) is 36.4 Å². The van der Waals surface area contributed by atoms with Crippen LogP contribution in [0, 0.1) is 0 Å². The Labute approximate surface area is 137 Å². The molecule has 0 unspecified atom stereocenters. The van der Waals surface area contributed by atoms with E-state index in [1.54, 1.807) is 17.0 Å². The normalized spacial score (nSPS) is 11.1. The van der Waals surface area contributed by atoms with E-state index in [4.69, 9.17) is 10.5 Å². The van der Waals surface area contributed by atoms with E-state index in [9.17, 15) is 4.79 Å². The van der Waals surface area contributed by atoms with Gasteiger partial charge in [-0.2, -0.15) is 0 Å². The number of hydrogen-bond donors (Lipinski definition) is 1. The van der Waals surface area contributed by atoms with Gasteiger partial charge in [0.25, 0.3) is 0 Å². The lowest BCUT2D eigenvalue weighted by molar-refractivity contribution is 0.0581. The molecule has 122 valence electrons. The van der Waals surface area contributed by atoms with Crippen LogP contribution in [0.3, 0.4) is 0 Å². The summed E-state index contributed by atoms with van der Waals surface area (Å²) in [6.07, 6.45) is 0.383. The Balaban J connectivity index is 2.19. The molecule has 2 aromatic carbocycles. The molecule has 0 heterocycles. The zero-order chi connectivity index (χ0) is 16.9. The summed E-state index contributed by atoms with van der Waals surface area (Å²) in [7, 11) is 0. The van der Waals surface area contributed by atoms with E-state index in [0.717, 1.165) is 12.1 Å². The average Bonchev–Trinajstić information content (AvgIpc) is 2.47. The van der Waals surface area contributed by atoms with Gasteiger partial charge in [0.15, 0.2) is 0 Å². The standard InChI is InChI=1S/C19H24N2O2/c1-19(2,3)23-18(22)21(17-11-7-10-16(20)14-17)13-12-15-8-5-4-6-9-15/h4-11,14H,12-13,20H2,1-3H3. The molecule has 4 nitrogen and oxygen atoms in total. The Morgan fingerprint density at radius 1 is 1.09 bits per heavy atom. The van der Waals surface area contributed by atoms with Crippen molar-refractivity contribution in [3.8, 4) is 0 Å². The number of ether oxygens (including phenoxy) is 1. The van der Waals surface area contributed by atoms with E-state index in [1.807, 2.05) is 63.2 Å². The second-order valence-corrected chi connectivity index (χ2v) is 6.46. The number of nitrogens with two attached hydrogens (primary N) is 1. The molecular weight excluding hydrogens is 288 g/mol. The molecule has 2 N–H and O–H groups in total. The highest BCUT2D eigenvalue weighted by atomic mass is 16.6. The first kappa shape index (κ1) is 16.9. The zero-order valence-corrected chi connectivity index (χ0v) is 14.0. The molecule has 0 aliphatic rings. The number of benzene rings is 2. The molecule has 2 rings (SSSR count). The Morgan fingerprint density at radius 2 is 1.78 bits per heavy atom. The smallest absolute Gasteiger partial charge is 0.414 e. The SMILES string of the molecule is CC(C)(C)OC(=O)N(CCc1ccccc1)c1cccc(N)c1. The number of nitrogens with zero attached hydrogens (tertiary/aromatic N) is 1. The molecule has 2 aromatic rings. The third kappa shape index (κ3) is 5.33. The van der Waals surface area contributed by atoms with Crippen LogP contribution < -0.4 is 10.6 Å². The van der Waals surface area contributed by atoms with Gasteiger partial charge < -0.3 is 10.5 Å². The van der Waals surface area contributed by atoms with Crippen LogP contribution in [0.4, 0.5) is 16.2 Å². The summed E-state index contributed by atoms with van der Waals surface area (Å²) < 4.78 is 5.53. The highest BCUT2D eigenvalue weighted by Crippen LogP contribution is 2.21. The number of amides is 1. The van der Waals surface area contributed by atoms with E-state index in [2.05, 4.69) is 0 Å². The first-order valence-corrected chi connectivity index (χ1v) is 7.75. The third-order valence-corrected chi connectivity index (χ3v) is 3.26. The van der Waals surface area contributed by atoms with Gasteiger partial charge >= 0.3 is 6.09 Å². The summed E-state index contributed by atoms with van der Waals surface area (Å²) in [4.78, 5) is 14.2. The molecular formula is C19H24N2O2. The predicted molar refractivity (Wildman–Crippen MR) is 94.6 cm³/mol. The van der Waals surface area contributed by atoms with Crippen molar-refractivity contribution in [2.75, 3.05) is 17.2 Å². The fourth-order valence-corrected chi connectivity index (χ4v) is 2.22. The molecule has 0 aliphatic heterocycles. The molecule has 0 radical (unpaired) electrons. The maximum atomic E-state index is 12.6. The van der Waals surface area contributed by atoms with Crippen molar-refractivity contribution in [3.05, 3.63) is 60.2 Å². The molecule has 0 saturated carbocycles. The van der Waals surface area contributed by atoms with Crippen molar-refractivity contribution in [1.29, 1.82) is 0 Å². The fraction of sp³-hybridized carbons (Fsp3) is 0.316. The third-order valence-electron chi connectivity index (χ3n) is 3.26. The number of hydrogen-bond acceptors (Lipinski definition) is 3. The van der Waals surface area contributed by atoms with Gasteiger partial charge in [-0.05, 0) is 51.0 Å². The molecule has 0 saturated heterocycles. The van der Waals surface area contributed by atoms with Crippen molar-refractivity contribution < 1.29 is 9.53 Å². The lowest BCUT2D eigenvalue weighted by Crippen LogP contribution is -2.38. The predicted octanol–water partition coefficient (Wildman–Crippen LogP) is 4.25. The van der Waals surface area contributed by atoms with Crippen molar-refractivity contribution in [2.24, 2.45) is 0 Å². The highest BCUT2D eigenvalue weighted by Gasteiger charge is 2.23. The minimum Gasteiger partial charge on any atom is -0.443 e. The van der Waals surface area contributed by atoms with Gasteiger partial charge in [-0.3, -0.25) is 4.90 Å². The summed E-state index contributed by atoms with van der Waals surface area (Å²) in [5.74, 6) is 0. The summed E-state index contributed by atoms with van der Waals surface area (Å²) in [5, 5.41) is 0. The van der Waals surface area contributed by atoms with E-state index in [1.165, 1.54) is 5.56 Å². The lowest BCUT2D eigenvalue weighted by atomic mass is 10.1. The van der Waals surface area contributed by atoms with Crippen LogP contribution in [0.25, 0.3) is 0 Å². The zero-order valence-electron chi connectivity index (χ0n) is 14.0. The first-order valence-electron chi connectivity index (χ1n) is 7.75. The molecule has 4 heteroatoms. The molecule has 0 bridgehead atoms. The van der Waals surface area contributed by atoms with Crippen molar-refractivity contribution in [2.45, 2.75) is 32.8 Å². The molecule has 23 heavy (non-hydrogen) atoms. The van der Waals surface area contributed by atoms with Crippen molar-refractivity contribution >= 4 is 17.5 Å². The molecule has 1 amide bonds. The van der Waals surface area contributed by atoms with Crippen LogP contribution in [0.5, 0.6) is 0 Å². The molecule has 0 aromatic heterocycles. The van der Waals surface area contributed by atoms with E-state index in [-0.39, 0.29) is 6.09 Å². The average molecular weight is 312 g/mol. The number of carbonyl (C=O) groups excluding carboxylic acids is 1. The summed E-state index contributed by atoms with van der Waals surface area (Å²) in [6.45, 7) is 6.11. The van der Waals surface area contributed by atoms with Gasteiger partial charge in [-0.15, -0.1) is 0 Å². The van der Waals surface area contributed by atoms with E-state index < -0.39 is 5.60 Å².